The molecule has 0 unspecified atom stereocenters. The third-order valence-corrected chi connectivity index (χ3v) is 2.56. The zero-order chi connectivity index (χ0) is 10.0. The second-order valence-electron chi connectivity index (χ2n) is 2.32. The van der Waals surface area contributed by atoms with Gasteiger partial charge in [-0.25, -0.2) is 4.79 Å². The molecule has 0 amide bonds. The summed E-state index contributed by atoms with van der Waals surface area (Å²) in [4.78, 5) is 11.0. The third-order valence-electron chi connectivity index (χ3n) is 1.46. The van der Waals surface area contributed by atoms with Crippen LogP contribution in [0.3, 0.4) is 0 Å². The largest absolute Gasteiger partial charge is 0.507 e. The van der Waals surface area contributed by atoms with Gasteiger partial charge < -0.3 is 14.9 Å². The summed E-state index contributed by atoms with van der Waals surface area (Å²) in [5.41, 5.74) is 0.123. The lowest BCUT2D eigenvalue weighted by Gasteiger charge is -2.03. The first-order valence-corrected chi connectivity index (χ1v) is 4.44. The minimum Gasteiger partial charge on any atom is -0.507 e. The lowest BCUT2D eigenvalue weighted by atomic mass is 10.2. The lowest BCUT2D eigenvalue weighted by molar-refractivity contribution is 0.0599. The number of methoxy groups -OCH3 is 1. The molecule has 1 rings (SSSR count). The SMILES string of the molecule is COC(=O)c1cc(O)c(I)c(O)c1. The van der Waals surface area contributed by atoms with Gasteiger partial charge >= 0.3 is 5.97 Å². The van der Waals surface area contributed by atoms with Gasteiger partial charge in [0.15, 0.2) is 0 Å². The molecule has 1 aromatic rings. The summed E-state index contributed by atoms with van der Waals surface area (Å²) in [6.45, 7) is 0. The molecule has 0 bridgehead atoms. The highest BCUT2D eigenvalue weighted by Crippen LogP contribution is 2.30. The molecule has 0 atom stereocenters. The summed E-state index contributed by atoms with van der Waals surface area (Å²) >= 11 is 1.77. The highest BCUT2D eigenvalue weighted by molar-refractivity contribution is 14.1. The summed E-state index contributed by atoms with van der Waals surface area (Å²) in [5.74, 6) is -0.871. The second kappa shape index (κ2) is 3.82. The molecule has 0 saturated heterocycles. The van der Waals surface area contributed by atoms with Crippen molar-refractivity contribution in [3.8, 4) is 11.5 Å². The van der Waals surface area contributed by atoms with Crippen LogP contribution in [-0.2, 0) is 4.74 Å². The van der Waals surface area contributed by atoms with Crippen LogP contribution in [0.15, 0.2) is 12.1 Å². The first-order chi connectivity index (χ1) is 6.06. The average molecular weight is 294 g/mol. The lowest BCUT2D eigenvalue weighted by Crippen LogP contribution is -2.00. The van der Waals surface area contributed by atoms with E-state index in [0.717, 1.165) is 0 Å². The van der Waals surface area contributed by atoms with Crippen molar-refractivity contribution >= 4 is 28.6 Å². The van der Waals surface area contributed by atoms with Gasteiger partial charge in [-0.05, 0) is 34.7 Å². The van der Waals surface area contributed by atoms with E-state index in [-0.39, 0.29) is 17.1 Å². The molecular formula is C8H7IO4. The van der Waals surface area contributed by atoms with Gasteiger partial charge in [0, 0.05) is 0 Å². The average Bonchev–Trinajstić information content (AvgIpc) is 2.12. The van der Waals surface area contributed by atoms with Crippen molar-refractivity contribution in [3.05, 3.63) is 21.3 Å². The fraction of sp³-hybridized carbons (Fsp3) is 0.125. The molecular weight excluding hydrogens is 287 g/mol. The molecule has 0 aromatic heterocycles. The predicted octanol–water partition coefficient (Wildman–Crippen LogP) is 1.49. The number of esters is 1. The quantitative estimate of drug-likeness (QED) is 0.608. The maximum Gasteiger partial charge on any atom is 0.338 e. The Labute approximate surface area is 88.3 Å². The van der Waals surface area contributed by atoms with E-state index < -0.39 is 5.97 Å². The van der Waals surface area contributed by atoms with Gasteiger partial charge in [-0.3, -0.25) is 0 Å². The Balaban J connectivity index is 3.20. The number of carbonyl (C=O) groups excluding carboxylic acids is 1. The molecule has 2 N–H and O–H groups in total. The standard InChI is InChI=1S/C8H7IO4/c1-13-8(12)4-2-5(10)7(9)6(11)3-4/h2-3,10-11H,1H3. The van der Waals surface area contributed by atoms with E-state index in [2.05, 4.69) is 4.74 Å². The van der Waals surface area contributed by atoms with Crippen LogP contribution in [0.5, 0.6) is 11.5 Å². The van der Waals surface area contributed by atoms with Crippen LogP contribution in [-0.4, -0.2) is 23.3 Å². The maximum atomic E-state index is 11.0. The van der Waals surface area contributed by atoms with Crippen molar-refractivity contribution in [2.75, 3.05) is 7.11 Å². The van der Waals surface area contributed by atoms with E-state index in [0.29, 0.717) is 3.57 Å². The molecule has 0 aliphatic heterocycles. The van der Waals surface area contributed by atoms with E-state index in [1.54, 1.807) is 22.6 Å². The summed E-state index contributed by atoms with van der Waals surface area (Å²) in [5, 5.41) is 18.5. The molecule has 0 heterocycles. The number of hydrogen-bond donors (Lipinski definition) is 2. The van der Waals surface area contributed by atoms with Gasteiger partial charge in [0.2, 0.25) is 0 Å². The predicted molar refractivity (Wildman–Crippen MR) is 53.8 cm³/mol. The highest BCUT2D eigenvalue weighted by Gasteiger charge is 2.12. The van der Waals surface area contributed by atoms with Crippen LogP contribution in [0.1, 0.15) is 10.4 Å². The van der Waals surface area contributed by atoms with Crippen LogP contribution < -0.4 is 0 Å². The number of aromatic hydroxyl groups is 2. The summed E-state index contributed by atoms with van der Waals surface area (Å²) < 4.78 is 4.73. The van der Waals surface area contributed by atoms with Crippen molar-refractivity contribution in [2.24, 2.45) is 0 Å². The summed E-state index contributed by atoms with van der Waals surface area (Å²) in [6, 6.07) is 2.49. The Hall–Kier alpha value is -0.980. The summed E-state index contributed by atoms with van der Waals surface area (Å²) in [7, 11) is 1.23. The smallest absolute Gasteiger partial charge is 0.338 e. The van der Waals surface area contributed by atoms with Gasteiger partial charge in [0.05, 0.1) is 16.2 Å². The number of phenols is 2. The first-order valence-electron chi connectivity index (χ1n) is 3.36. The number of phenolic OH excluding ortho intramolecular Hbond substituents is 2. The molecule has 0 radical (unpaired) electrons. The number of rotatable bonds is 1. The van der Waals surface area contributed by atoms with Crippen LogP contribution in [0.2, 0.25) is 0 Å². The monoisotopic (exact) mass is 294 g/mol. The van der Waals surface area contributed by atoms with Crippen LogP contribution >= 0.6 is 22.6 Å². The van der Waals surface area contributed by atoms with E-state index >= 15 is 0 Å². The first kappa shape index (κ1) is 10.1. The fourth-order valence-electron chi connectivity index (χ4n) is 0.830. The van der Waals surface area contributed by atoms with Crippen molar-refractivity contribution in [1.29, 1.82) is 0 Å². The van der Waals surface area contributed by atoms with Gasteiger partial charge in [0.25, 0.3) is 0 Å². The third kappa shape index (κ3) is 2.03. The molecule has 0 saturated carbocycles. The van der Waals surface area contributed by atoms with Crippen LogP contribution in [0, 0.1) is 3.57 Å². The van der Waals surface area contributed by atoms with E-state index in [9.17, 15) is 15.0 Å². The summed E-state index contributed by atoms with van der Waals surface area (Å²) in [6.07, 6.45) is 0. The second-order valence-corrected chi connectivity index (χ2v) is 3.40. The Bertz CT molecular complexity index is 325. The Morgan fingerprint density at radius 2 is 1.85 bits per heavy atom. The van der Waals surface area contributed by atoms with Gasteiger partial charge in [-0.2, -0.15) is 0 Å². The van der Waals surface area contributed by atoms with E-state index in [1.165, 1.54) is 19.2 Å². The molecule has 0 fully saturated rings. The Morgan fingerprint density at radius 1 is 1.38 bits per heavy atom. The highest BCUT2D eigenvalue weighted by atomic mass is 127. The minimum atomic E-state index is -0.595. The molecule has 0 aliphatic carbocycles. The number of halogens is 1. The number of benzene rings is 1. The van der Waals surface area contributed by atoms with Crippen molar-refractivity contribution in [3.63, 3.8) is 0 Å². The van der Waals surface area contributed by atoms with Crippen LogP contribution in [0.4, 0.5) is 0 Å². The van der Waals surface area contributed by atoms with Crippen molar-refractivity contribution < 1.29 is 19.7 Å². The normalized spacial score (nSPS) is 9.69. The van der Waals surface area contributed by atoms with E-state index in [1.807, 2.05) is 0 Å². The molecule has 0 aliphatic rings. The molecule has 13 heavy (non-hydrogen) atoms. The van der Waals surface area contributed by atoms with Crippen molar-refractivity contribution in [1.82, 2.24) is 0 Å². The van der Waals surface area contributed by atoms with E-state index in [4.69, 9.17) is 0 Å². The zero-order valence-electron chi connectivity index (χ0n) is 6.74. The van der Waals surface area contributed by atoms with Gasteiger partial charge in [-0.1, -0.05) is 0 Å². The Kier molecular flexibility index (Phi) is 2.97. The van der Waals surface area contributed by atoms with Crippen LogP contribution in [0.25, 0.3) is 0 Å². The Morgan fingerprint density at radius 3 is 2.23 bits per heavy atom. The number of ether oxygens (including phenoxy) is 1. The molecule has 5 heteroatoms. The minimum absolute atomic E-state index is 0.123. The molecule has 4 nitrogen and oxygen atoms in total. The zero-order valence-corrected chi connectivity index (χ0v) is 8.90. The number of hydrogen-bond acceptors (Lipinski definition) is 4. The van der Waals surface area contributed by atoms with Gasteiger partial charge in [0.1, 0.15) is 11.5 Å². The molecule has 0 spiro atoms. The molecule has 1 aromatic carbocycles. The van der Waals surface area contributed by atoms with Gasteiger partial charge in [-0.15, -0.1) is 0 Å². The topological polar surface area (TPSA) is 66.8 Å². The fourth-order valence-corrected chi connectivity index (χ4v) is 1.14. The maximum absolute atomic E-state index is 11.0. The molecule has 70 valence electrons. The van der Waals surface area contributed by atoms with Crippen molar-refractivity contribution in [2.45, 2.75) is 0 Å². The number of carbonyl (C=O) groups is 1.